The van der Waals surface area contributed by atoms with Crippen LogP contribution in [0.2, 0.25) is 10.0 Å². The van der Waals surface area contributed by atoms with E-state index in [0.29, 0.717) is 10.7 Å². The van der Waals surface area contributed by atoms with Gasteiger partial charge in [0.25, 0.3) is 0 Å². The van der Waals surface area contributed by atoms with E-state index in [1.54, 1.807) is 0 Å². The van der Waals surface area contributed by atoms with Crippen LogP contribution in [0.5, 0.6) is 0 Å². The summed E-state index contributed by atoms with van der Waals surface area (Å²) in [5.74, 6) is -0.454. The third kappa shape index (κ3) is 5.11. The summed E-state index contributed by atoms with van der Waals surface area (Å²) in [6.07, 6.45) is 1.03. The van der Waals surface area contributed by atoms with Gasteiger partial charge >= 0.3 is 0 Å². The van der Waals surface area contributed by atoms with Crippen LogP contribution in [-0.2, 0) is 14.8 Å². The highest BCUT2D eigenvalue weighted by atomic mass is 35.5. The zero-order chi connectivity index (χ0) is 18.8. The molecule has 0 unspecified atom stereocenters. The molecule has 1 amide bonds. The average molecular weight is 401 g/mol. The molecule has 5 nitrogen and oxygen atoms in total. The Labute approximate surface area is 157 Å². The van der Waals surface area contributed by atoms with Gasteiger partial charge in [0.05, 0.1) is 22.0 Å². The van der Waals surface area contributed by atoms with E-state index in [1.165, 1.54) is 18.2 Å². The molecule has 0 atom stereocenters. The zero-order valence-corrected chi connectivity index (χ0v) is 16.3. The number of sulfonamides is 1. The van der Waals surface area contributed by atoms with Crippen molar-refractivity contribution in [1.82, 2.24) is 0 Å². The van der Waals surface area contributed by atoms with Crippen molar-refractivity contribution < 1.29 is 13.2 Å². The van der Waals surface area contributed by atoms with Gasteiger partial charge in [-0.2, -0.15) is 0 Å². The van der Waals surface area contributed by atoms with Crippen LogP contribution in [-0.4, -0.2) is 27.1 Å². The highest BCUT2D eigenvalue weighted by Gasteiger charge is 2.22. The van der Waals surface area contributed by atoms with E-state index in [9.17, 15) is 13.2 Å². The van der Waals surface area contributed by atoms with Crippen LogP contribution in [0.15, 0.2) is 36.4 Å². The van der Waals surface area contributed by atoms with E-state index in [-0.39, 0.29) is 17.3 Å². The maximum absolute atomic E-state index is 12.4. The van der Waals surface area contributed by atoms with E-state index in [1.807, 2.05) is 32.0 Å². The lowest BCUT2D eigenvalue weighted by molar-refractivity contribution is -0.114. The standard InChI is InChI=1S/C17H18Cl2N2O3S/c1-11-4-5-12(2)16(8-11)20-17(22)10-21(25(3,23)24)13-6-7-14(18)15(19)9-13/h4-9H,10H2,1-3H3,(H,20,22). The normalized spacial score (nSPS) is 11.2. The molecule has 0 saturated carbocycles. The monoisotopic (exact) mass is 400 g/mol. The molecule has 134 valence electrons. The molecular weight excluding hydrogens is 383 g/mol. The van der Waals surface area contributed by atoms with E-state index >= 15 is 0 Å². The van der Waals surface area contributed by atoms with Gasteiger partial charge in [0.1, 0.15) is 6.54 Å². The Kier molecular flexibility index (Phi) is 5.98. The van der Waals surface area contributed by atoms with Gasteiger partial charge in [-0.05, 0) is 49.2 Å². The number of anilines is 2. The van der Waals surface area contributed by atoms with E-state index < -0.39 is 15.9 Å². The molecule has 0 heterocycles. The first kappa shape index (κ1) is 19.6. The number of nitrogens with one attached hydrogen (secondary N) is 1. The number of amides is 1. The summed E-state index contributed by atoms with van der Waals surface area (Å²) in [5.41, 5.74) is 2.80. The number of hydrogen-bond acceptors (Lipinski definition) is 3. The molecule has 0 spiro atoms. The van der Waals surface area contributed by atoms with Crippen molar-refractivity contribution in [3.8, 4) is 0 Å². The first-order valence-electron chi connectivity index (χ1n) is 7.38. The van der Waals surface area contributed by atoms with Crippen molar-refractivity contribution in [2.75, 3.05) is 22.4 Å². The van der Waals surface area contributed by atoms with E-state index in [2.05, 4.69) is 5.32 Å². The molecule has 1 N–H and O–H groups in total. The molecule has 2 aromatic carbocycles. The maximum atomic E-state index is 12.4. The predicted molar refractivity (Wildman–Crippen MR) is 103 cm³/mol. The lowest BCUT2D eigenvalue weighted by atomic mass is 10.1. The molecule has 0 aromatic heterocycles. The first-order chi connectivity index (χ1) is 11.6. The number of benzene rings is 2. The van der Waals surface area contributed by atoms with Crippen LogP contribution in [0.3, 0.4) is 0 Å². The van der Waals surface area contributed by atoms with Crippen molar-refractivity contribution in [2.24, 2.45) is 0 Å². The van der Waals surface area contributed by atoms with Gasteiger partial charge in [0.2, 0.25) is 15.9 Å². The lowest BCUT2D eigenvalue weighted by Gasteiger charge is -2.22. The predicted octanol–water partition coefficient (Wildman–Crippen LogP) is 4.01. The van der Waals surface area contributed by atoms with Crippen LogP contribution >= 0.6 is 23.2 Å². The topological polar surface area (TPSA) is 66.5 Å². The Morgan fingerprint density at radius 2 is 1.76 bits per heavy atom. The number of carbonyl (C=O) groups is 1. The molecule has 0 aliphatic carbocycles. The third-order valence-electron chi connectivity index (χ3n) is 3.55. The zero-order valence-electron chi connectivity index (χ0n) is 14.0. The van der Waals surface area contributed by atoms with Crippen molar-refractivity contribution in [3.05, 3.63) is 57.6 Å². The van der Waals surface area contributed by atoms with Gasteiger partial charge in [-0.15, -0.1) is 0 Å². The highest BCUT2D eigenvalue weighted by molar-refractivity contribution is 7.92. The summed E-state index contributed by atoms with van der Waals surface area (Å²) < 4.78 is 25.2. The van der Waals surface area contributed by atoms with Crippen LogP contribution in [0.25, 0.3) is 0 Å². The Balaban J connectivity index is 2.27. The second-order valence-corrected chi connectivity index (χ2v) is 8.46. The van der Waals surface area contributed by atoms with Gasteiger partial charge in [-0.25, -0.2) is 8.42 Å². The van der Waals surface area contributed by atoms with Crippen LogP contribution in [0.1, 0.15) is 11.1 Å². The van der Waals surface area contributed by atoms with Crippen molar-refractivity contribution in [1.29, 1.82) is 0 Å². The molecular formula is C17H18Cl2N2O3S. The van der Waals surface area contributed by atoms with Gasteiger partial charge in [0.15, 0.2) is 0 Å². The summed E-state index contributed by atoms with van der Waals surface area (Å²) in [6.45, 7) is 3.40. The Hall–Kier alpha value is -1.76. The number of nitrogens with zero attached hydrogens (tertiary/aromatic N) is 1. The van der Waals surface area contributed by atoms with Crippen molar-refractivity contribution in [2.45, 2.75) is 13.8 Å². The SMILES string of the molecule is Cc1ccc(C)c(NC(=O)CN(c2ccc(Cl)c(Cl)c2)S(C)(=O)=O)c1. The molecule has 0 aliphatic heterocycles. The molecule has 0 aliphatic rings. The Bertz CT molecular complexity index is 914. The molecule has 25 heavy (non-hydrogen) atoms. The molecule has 2 aromatic rings. The summed E-state index contributed by atoms with van der Waals surface area (Å²) in [4.78, 5) is 12.4. The lowest BCUT2D eigenvalue weighted by Crippen LogP contribution is -2.37. The molecule has 8 heteroatoms. The second-order valence-electron chi connectivity index (χ2n) is 5.73. The number of hydrogen-bond donors (Lipinski definition) is 1. The van der Waals surface area contributed by atoms with Gasteiger partial charge in [-0.1, -0.05) is 35.3 Å². The highest BCUT2D eigenvalue weighted by Crippen LogP contribution is 2.28. The number of aryl methyl sites for hydroxylation is 2. The third-order valence-corrected chi connectivity index (χ3v) is 5.43. The molecule has 0 bridgehead atoms. The molecule has 0 fully saturated rings. The molecule has 0 saturated heterocycles. The Morgan fingerprint density at radius 3 is 2.36 bits per heavy atom. The minimum absolute atomic E-state index is 0.211. The fourth-order valence-electron chi connectivity index (χ4n) is 2.23. The van der Waals surface area contributed by atoms with Gasteiger partial charge in [0, 0.05) is 5.69 Å². The van der Waals surface area contributed by atoms with Gasteiger partial charge in [-0.3, -0.25) is 9.10 Å². The fourth-order valence-corrected chi connectivity index (χ4v) is 3.37. The van der Waals surface area contributed by atoms with E-state index in [0.717, 1.165) is 21.7 Å². The van der Waals surface area contributed by atoms with Crippen LogP contribution in [0, 0.1) is 13.8 Å². The maximum Gasteiger partial charge on any atom is 0.245 e. The molecule has 0 radical (unpaired) electrons. The summed E-state index contributed by atoms with van der Waals surface area (Å²) >= 11 is 11.8. The second kappa shape index (κ2) is 7.64. The quantitative estimate of drug-likeness (QED) is 0.823. The van der Waals surface area contributed by atoms with E-state index in [4.69, 9.17) is 23.2 Å². The van der Waals surface area contributed by atoms with Gasteiger partial charge < -0.3 is 5.32 Å². The largest absolute Gasteiger partial charge is 0.324 e. The smallest absolute Gasteiger partial charge is 0.245 e. The van der Waals surface area contributed by atoms with Crippen molar-refractivity contribution >= 4 is 50.5 Å². The van der Waals surface area contributed by atoms with Crippen LogP contribution in [0.4, 0.5) is 11.4 Å². The summed E-state index contributed by atoms with van der Waals surface area (Å²) in [5, 5.41) is 3.26. The Morgan fingerprint density at radius 1 is 1.08 bits per heavy atom. The fraction of sp³-hybridized carbons (Fsp3) is 0.235. The number of rotatable bonds is 5. The summed E-state index contributed by atoms with van der Waals surface area (Å²) in [7, 11) is -3.68. The number of halogens is 2. The van der Waals surface area contributed by atoms with Crippen molar-refractivity contribution in [3.63, 3.8) is 0 Å². The average Bonchev–Trinajstić information content (AvgIpc) is 2.50. The molecule has 2 rings (SSSR count). The number of carbonyl (C=O) groups excluding carboxylic acids is 1. The summed E-state index contributed by atoms with van der Waals surface area (Å²) in [6, 6.07) is 10.1. The first-order valence-corrected chi connectivity index (χ1v) is 9.98. The minimum atomic E-state index is -3.68. The minimum Gasteiger partial charge on any atom is -0.324 e. The van der Waals surface area contributed by atoms with Crippen LogP contribution < -0.4 is 9.62 Å².